The highest BCUT2D eigenvalue weighted by molar-refractivity contribution is 7.72. The fraction of sp³-hybridized carbons (Fsp3) is 0.143. The molecule has 0 bridgehead atoms. The van der Waals surface area contributed by atoms with Crippen molar-refractivity contribution < 1.29 is 0 Å². The normalized spacial score (nSPS) is 11.3. The first-order valence-electron chi connectivity index (χ1n) is 8.42. The van der Waals surface area contributed by atoms with Gasteiger partial charge in [-0.15, -0.1) is 0 Å². The van der Waals surface area contributed by atoms with E-state index in [0.717, 1.165) is 28.9 Å². The van der Waals surface area contributed by atoms with Crippen molar-refractivity contribution in [3.8, 4) is 0 Å². The quantitative estimate of drug-likeness (QED) is 0.524. The summed E-state index contributed by atoms with van der Waals surface area (Å²) >= 11 is 0. The van der Waals surface area contributed by atoms with Crippen LogP contribution in [0.3, 0.4) is 0 Å². The van der Waals surface area contributed by atoms with Gasteiger partial charge in [-0.05, 0) is 44.0 Å². The van der Waals surface area contributed by atoms with Crippen LogP contribution in [-0.4, -0.2) is 14.6 Å². The zero-order chi connectivity index (χ0) is 17.2. The smallest absolute Gasteiger partial charge is 0.158 e. The van der Waals surface area contributed by atoms with E-state index in [1.54, 1.807) is 0 Å². The second-order valence-corrected chi connectivity index (χ2v) is 8.38. The highest BCUT2D eigenvalue weighted by Gasteiger charge is 2.17. The molecule has 4 rings (SSSR count). The second kappa shape index (κ2) is 6.78. The predicted octanol–water partition coefficient (Wildman–Crippen LogP) is 3.98. The zero-order valence-electron chi connectivity index (χ0n) is 14.4. The molecule has 0 fully saturated rings. The summed E-state index contributed by atoms with van der Waals surface area (Å²) in [4.78, 5) is 4.83. The van der Waals surface area contributed by atoms with Crippen molar-refractivity contribution in [1.82, 2.24) is 14.6 Å². The van der Waals surface area contributed by atoms with Gasteiger partial charge in [0.25, 0.3) is 0 Å². The van der Waals surface area contributed by atoms with Gasteiger partial charge in [-0.1, -0.05) is 66.7 Å². The number of aryl methyl sites for hydroxylation is 2. The summed E-state index contributed by atoms with van der Waals surface area (Å²) in [7, 11) is -0.522. The van der Waals surface area contributed by atoms with Crippen molar-refractivity contribution in [3.05, 3.63) is 89.9 Å². The molecule has 0 aliphatic rings. The van der Waals surface area contributed by atoms with Crippen LogP contribution in [0.15, 0.2) is 72.8 Å². The van der Waals surface area contributed by atoms with E-state index in [9.17, 15) is 0 Å². The Balaban J connectivity index is 1.77. The highest BCUT2D eigenvalue weighted by Crippen LogP contribution is 2.37. The lowest BCUT2D eigenvalue weighted by molar-refractivity contribution is 0.884. The number of rotatable bonds is 4. The third-order valence-electron chi connectivity index (χ3n) is 4.35. The predicted molar refractivity (Wildman–Crippen MR) is 105 cm³/mol. The Morgan fingerprint density at radius 1 is 0.800 bits per heavy atom. The van der Waals surface area contributed by atoms with E-state index in [0.29, 0.717) is 0 Å². The fourth-order valence-electron chi connectivity index (χ4n) is 3.00. The third kappa shape index (κ3) is 3.20. The van der Waals surface area contributed by atoms with Crippen molar-refractivity contribution in [2.75, 3.05) is 0 Å². The topological polar surface area (TPSA) is 30.2 Å². The van der Waals surface area contributed by atoms with Gasteiger partial charge in [0.1, 0.15) is 0 Å². The number of hydrogen-bond acceptors (Lipinski definition) is 2. The van der Waals surface area contributed by atoms with Crippen LogP contribution in [-0.2, 0) is 6.16 Å². The lowest BCUT2D eigenvalue weighted by Crippen LogP contribution is -2.13. The molecule has 0 spiro atoms. The monoisotopic (exact) mass is 345 g/mol. The average Bonchev–Trinajstić information content (AvgIpc) is 3.10. The van der Waals surface area contributed by atoms with Gasteiger partial charge in [0.05, 0.1) is 0 Å². The molecule has 3 nitrogen and oxygen atoms in total. The maximum Gasteiger partial charge on any atom is 0.158 e. The van der Waals surface area contributed by atoms with Gasteiger partial charge in [-0.3, -0.25) is 0 Å². The first-order valence-corrected chi connectivity index (χ1v) is 9.94. The number of nitrogens with zero attached hydrogens (tertiary/aromatic N) is 3. The van der Waals surface area contributed by atoms with Gasteiger partial charge in [-0.2, -0.15) is 5.10 Å². The highest BCUT2D eigenvalue weighted by atomic mass is 31.1. The molecule has 0 radical (unpaired) electrons. The molecule has 0 aliphatic heterocycles. The minimum absolute atomic E-state index is 0.522. The first-order chi connectivity index (χ1) is 12.2. The minimum Gasteiger partial charge on any atom is -0.218 e. The molecule has 0 atom stereocenters. The van der Waals surface area contributed by atoms with E-state index in [2.05, 4.69) is 86.6 Å². The lowest BCUT2D eigenvalue weighted by atomic mass is 10.3. The molecule has 0 saturated heterocycles. The minimum atomic E-state index is -0.522. The van der Waals surface area contributed by atoms with Gasteiger partial charge in [-0.25, -0.2) is 9.50 Å². The molecule has 124 valence electrons. The first kappa shape index (κ1) is 16.0. The van der Waals surface area contributed by atoms with Crippen LogP contribution in [0.25, 0.3) is 5.65 Å². The van der Waals surface area contributed by atoms with Crippen molar-refractivity contribution in [3.63, 3.8) is 0 Å². The van der Waals surface area contributed by atoms with Crippen LogP contribution < -0.4 is 10.6 Å². The molecule has 0 amide bonds. The van der Waals surface area contributed by atoms with Crippen LogP contribution in [0.5, 0.6) is 0 Å². The summed E-state index contributed by atoms with van der Waals surface area (Å²) in [6.07, 6.45) is 0.851. The number of fused-ring (bicyclic) bond motifs is 1. The fourth-order valence-corrected chi connectivity index (χ4v) is 5.15. The van der Waals surface area contributed by atoms with Gasteiger partial charge >= 0.3 is 0 Å². The molecule has 0 unspecified atom stereocenters. The summed E-state index contributed by atoms with van der Waals surface area (Å²) in [5.74, 6) is 0.913. The van der Waals surface area contributed by atoms with Crippen molar-refractivity contribution in [1.29, 1.82) is 0 Å². The lowest BCUT2D eigenvalue weighted by Gasteiger charge is -2.17. The summed E-state index contributed by atoms with van der Waals surface area (Å²) in [6.45, 7) is 4.16. The van der Waals surface area contributed by atoms with Crippen LogP contribution in [0.1, 0.15) is 17.1 Å². The molecular weight excluding hydrogens is 325 g/mol. The molecule has 4 aromatic rings. The molecule has 4 heteroatoms. The van der Waals surface area contributed by atoms with Gasteiger partial charge < -0.3 is 0 Å². The van der Waals surface area contributed by atoms with E-state index in [1.165, 1.54) is 10.6 Å². The van der Waals surface area contributed by atoms with Crippen LogP contribution in [0.4, 0.5) is 0 Å². The standard InChI is InChI=1S/C21H20N3P/c1-16-13-14-17(2)24-21(16)22-20(23-24)15-25(18-9-5-3-6-10-18)19-11-7-4-8-12-19/h3-14H,15H2,1-2H3. The van der Waals surface area contributed by atoms with Gasteiger partial charge in [0, 0.05) is 11.9 Å². The SMILES string of the molecule is Cc1ccc(C)n2nc(CP(c3ccccc3)c3ccccc3)nc12. The molecule has 0 saturated carbocycles. The van der Waals surface area contributed by atoms with Crippen molar-refractivity contribution in [2.45, 2.75) is 20.0 Å². The maximum atomic E-state index is 4.83. The Bertz CT molecular complexity index is 915. The number of benzene rings is 2. The molecule has 2 aromatic heterocycles. The molecule has 2 heterocycles. The largest absolute Gasteiger partial charge is 0.218 e. The van der Waals surface area contributed by atoms with E-state index in [-0.39, 0.29) is 0 Å². The summed E-state index contributed by atoms with van der Waals surface area (Å²) in [6, 6.07) is 25.6. The summed E-state index contributed by atoms with van der Waals surface area (Å²) < 4.78 is 1.97. The Kier molecular flexibility index (Phi) is 4.33. The zero-order valence-corrected chi connectivity index (χ0v) is 15.3. The van der Waals surface area contributed by atoms with E-state index >= 15 is 0 Å². The second-order valence-electron chi connectivity index (χ2n) is 6.18. The Hall–Kier alpha value is -2.51. The molecule has 0 aliphatic carbocycles. The van der Waals surface area contributed by atoms with E-state index in [4.69, 9.17) is 10.1 Å². The number of aromatic nitrogens is 3. The van der Waals surface area contributed by atoms with Crippen molar-refractivity contribution >= 4 is 24.2 Å². The van der Waals surface area contributed by atoms with Crippen molar-refractivity contribution in [2.24, 2.45) is 0 Å². The molecular formula is C21H20N3P. The van der Waals surface area contributed by atoms with Crippen LogP contribution >= 0.6 is 7.92 Å². The molecule has 25 heavy (non-hydrogen) atoms. The van der Waals surface area contributed by atoms with Crippen LogP contribution in [0.2, 0.25) is 0 Å². The Morgan fingerprint density at radius 2 is 1.40 bits per heavy atom. The average molecular weight is 345 g/mol. The van der Waals surface area contributed by atoms with Gasteiger partial charge in [0.15, 0.2) is 11.5 Å². The maximum absolute atomic E-state index is 4.83. The molecule has 0 N–H and O–H groups in total. The number of hydrogen-bond donors (Lipinski definition) is 0. The van der Waals surface area contributed by atoms with E-state index < -0.39 is 7.92 Å². The Morgan fingerprint density at radius 3 is 1.96 bits per heavy atom. The number of pyridine rings is 1. The third-order valence-corrected chi connectivity index (χ3v) is 6.79. The van der Waals surface area contributed by atoms with Gasteiger partial charge in [0.2, 0.25) is 0 Å². The Labute approximate surface area is 149 Å². The summed E-state index contributed by atoms with van der Waals surface area (Å²) in [5.41, 5.74) is 3.24. The van der Waals surface area contributed by atoms with E-state index in [1.807, 2.05) is 4.52 Å². The summed E-state index contributed by atoms with van der Waals surface area (Å²) in [5, 5.41) is 7.50. The van der Waals surface area contributed by atoms with Crippen LogP contribution in [0, 0.1) is 13.8 Å². The molecule has 2 aromatic carbocycles.